The Hall–Kier alpha value is -2.99. The second-order valence-electron chi connectivity index (χ2n) is 5.05. The highest BCUT2D eigenvalue weighted by atomic mass is 19.1. The first-order valence-electron chi connectivity index (χ1n) is 6.97. The molecule has 3 rings (SSSR count). The number of nitrogens with one attached hydrogen (secondary N) is 1. The summed E-state index contributed by atoms with van der Waals surface area (Å²) in [6, 6.07) is 9.19. The minimum absolute atomic E-state index is 0.121. The van der Waals surface area contributed by atoms with E-state index in [2.05, 4.69) is 4.98 Å². The van der Waals surface area contributed by atoms with Gasteiger partial charge in [0, 0.05) is 41.0 Å². The van der Waals surface area contributed by atoms with Gasteiger partial charge in [-0.2, -0.15) is 0 Å². The Morgan fingerprint density at radius 2 is 1.87 bits per heavy atom. The van der Waals surface area contributed by atoms with E-state index < -0.39 is 0 Å². The number of allylic oxidation sites excluding steroid dienone is 1. The van der Waals surface area contributed by atoms with Gasteiger partial charge < -0.3 is 15.2 Å². The first-order chi connectivity index (χ1) is 11.1. The maximum atomic E-state index is 13.1. The predicted molar refractivity (Wildman–Crippen MR) is 86.6 cm³/mol. The lowest BCUT2D eigenvalue weighted by atomic mass is 9.95. The molecular formula is C17H15FN4O. The number of benzene rings is 1. The van der Waals surface area contributed by atoms with E-state index in [9.17, 15) is 9.50 Å². The highest BCUT2D eigenvalue weighted by Crippen LogP contribution is 2.22. The number of imidazole rings is 1. The van der Waals surface area contributed by atoms with Crippen LogP contribution in [0.1, 0.15) is 11.1 Å². The van der Waals surface area contributed by atoms with Crippen LogP contribution >= 0.6 is 0 Å². The summed E-state index contributed by atoms with van der Waals surface area (Å²) in [7, 11) is 0. The Bertz CT molecular complexity index is 896. The van der Waals surface area contributed by atoms with Gasteiger partial charge in [0.1, 0.15) is 11.5 Å². The van der Waals surface area contributed by atoms with E-state index in [1.807, 2.05) is 0 Å². The molecule has 1 aromatic carbocycles. The zero-order chi connectivity index (χ0) is 16.4. The van der Waals surface area contributed by atoms with Crippen LogP contribution in [0.2, 0.25) is 0 Å². The molecule has 23 heavy (non-hydrogen) atoms. The molecule has 0 aliphatic carbocycles. The zero-order valence-electron chi connectivity index (χ0n) is 12.2. The van der Waals surface area contributed by atoms with Crippen molar-refractivity contribution in [3.63, 3.8) is 0 Å². The largest absolute Gasteiger partial charge is 0.400 e. The number of aromatic nitrogens is 2. The van der Waals surface area contributed by atoms with Gasteiger partial charge in [-0.25, -0.2) is 9.37 Å². The minimum Gasteiger partial charge on any atom is -0.400 e. The molecule has 0 atom stereocenters. The molecular weight excluding hydrogens is 295 g/mol. The molecule has 0 unspecified atom stereocenters. The Labute approximate surface area is 132 Å². The number of nitrogens with zero attached hydrogens (tertiary/aromatic N) is 2. The number of fused-ring (bicyclic) bond motifs is 1. The number of nitrogens with two attached hydrogens (primary N) is 1. The van der Waals surface area contributed by atoms with Crippen LogP contribution in [-0.4, -0.2) is 26.8 Å². The Kier molecular flexibility index (Phi) is 3.91. The SMILES string of the molecule is N=C(/C(=C(\N)CO)c1ccc2nccn2c1)c1ccc(F)cc1. The Morgan fingerprint density at radius 3 is 2.57 bits per heavy atom. The summed E-state index contributed by atoms with van der Waals surface area (Å²) in [4.78, 5) is 4.17. The molecule has 5 nitrogen and oxygen atoms in total. The molecule has 0 saturated heterocycles. The number of aliphatic hydroxyl groups excluding tert-OH is 1. The number of hydrogen-bond donors (Lipinski definition) is 3. The van der Waals surface area contributed by atoms with Crippen molar-refractivity contribution < 1.29 is 9.50 Å². The molecule has 6 heteroatoms. The molecule has 2 aromatic heterocycles. The van der Waals surface area contributed by atoms with E-state index in [0.29, 0.717) is 16.7 Å². The molecule has 0 radical (unpaired) electrons. The second-order valence-corrected chi connectivity index (χ2v) is 5.05. The van der Waals surface area contributed by atoms with Crippen molar-refractivity contribution in [2.45, 2.75) is 0 Å². The van der Waals surface area contributed by atoms with Crippen molar-refractivity contribution in [2.24, 2.45) is 5.73 Å². The van der Waals surface area contributed by atoms with Crippen LogP contribution in [0, 0.1) is 11.2 Å². The van der Waals surface area contributed by atoms with Gasteiger partial charge >= 0.3 is 0 Å². The lowest BCUT2D eigenvalue weighted by Gasteiger charge is -2.13. The zero-order valence-corrected chi connectivity index (χ0v) is 12.2. The van der Waals surface area contributed by atoms with Gasteiger partial charge in [0.05, 0.1) is 12.3 Å². The highest BCUT2D eigenvalue weighted by Gasteiger charge is 2.15. The van der Waals surface area contributed by atoms with Crippen LogP contribution in [0.25, 0.3) is 11.2 Å². The molecule has 116 valence electrons. The second kappa shape index (κ2) is 6.02. The fourth-order valence-electron chi connectivity index (χ4n) is 2.40. The lowest BCUT2D eigenvalue weighted by Crippen LogP contribution is -2.14. The van der Waals surface area contributed by atoms with Crippen LogP contribution in [0.5, 0.6) is 0 Å². The standard InChI is InChI=1S/C17H15FN4O/c18-13-4-1-11(2-5-13)17(20)16(14(19)10-23)12-3-6-15-21-7-8-22(15)9-12/h1-9,20,23H,10,19H2/b16-14-,20-17?. The fraction of sp³-hybridized carbons (Fsp3) is 0.0588. The van der Waals surface area contributed by atoms with Crippen molar-refractivity contribution in [2.75, 3.05) is 6.61 Å². The highest BCUT2D eigenvalue weighted by molar-refractivity contribution is 6.30. The Balaban J connectivity index is 2.11. The van der Waals surface area contributed by atoms with Crippen LogP contribution < -0.4 is 5.73 Å². The van der Waals surface area contributed by atoms with Crippen molar-refractivity contribution in [1.82, 2.24) is 9.38 Å². The van der Waals surface area contributed by atoms with E-state index in [0.717, 1.165) is 5.65 Å². The van der Waals surface area contributed by atoms with Gasteiger partial charge in [-0.15, -0.1) is 0 Å². The average molecular weight is 310 g/mol. The minimum atomic E-state index is -0.374. The van der Waals surface area contributed by atoms with Gasteiger partial charge in [-0.05, 0) is 36.4 Å². The summed E-state index contributed by atoms with van der Waals surface area (Å²) >= 11 is 0. The molecule has 0 spiro atoms. The molecule has 0 aliphatic rings. The summed E-state index contributed by atoms with van der Waals surface area (Å²) in [6.45, 7) is -0.374. The van der Waals surface area contributed by atoms with E-state index >= 15 is 0 Å². The molecule has 4 N–H and O–H groups in total. The van der Waals surface area contributed by atoms with E-state index in [4.69, 9.17) is 11.1 Å². The van der Waals surface area contributed by atoms with E-state index in [1.165, 1.54) is 24.3 Å². The van der Waals surface area contributed by atoms with Crippen molar-refractivity contribution in [1.29, 1.82) is 5.41 Å². The number of aliphatic hydroxyl groups is 1. The van der Waals surface area contributed by atoms with Gasteiger partial charge in [0.15, 0.2) is 0 Å². The average Bonchev–Trinajstić information content (AvgIpc) is 3.03. The summed E-state index contributed by atoms with van der Waals surface area (Å²) in [5.41, 5.74) is 8.60. The smallest absolute Gasteiger partial charge is 0.136 e. The first kappa shape index (κ1) is 14.9. The molecule has 2 heterocycles. The molecule has 0 bridgehead atoms. The fourth-order valence-corrected chi connectivity index (χ4v) is 2.40. The molecule has 0 saturated carbocycles. The summed E-state index contributed by atoms with van der Waals surface area (Å²) in [6.07, 6.45) is 5.24. The monoisotopic (exact) mass is 310 g/mol. The topological polar surface area (TPSA) is 87.4 Å². The van der Waals surface area contributed by atoms with Crippen molar-refractivity contribution in [3.8, 4) is 0 Å². The third-order valence-electron chi connectivity index (χ3n) is 3.55. The molecule has 0 amide bonds. The number of halogens is 1. The number of pyridine rings is 1. The van der Waals surface area contributed by atoms with Gasteiger partial charge in [-0.3, -0.25) is 5.41 Å². The quantitative estimate of drug-likeness (QED) is 0.646. The maximum absolute atomic E-state index is 13.1. The van der Waals surface area contributed by atoms with Crippen LogP contribution in [0.3, 0.4) is 0 Å². The maximum Gasteiger partial charge on any atom is 0.136 e. The van der Waals surface area contributed by atoms with Crippen LogP contribution in [-0.2, 0) is 0 Å². The van der Waals surface area contributed by atoms with Gasteiger partial charge in [0.2, 0.25) is 0 Å². The van der Waals surface area contributed by atoms with E-state index in [1.54, 1.807) is 35.1 Å². The summed E-state index contributed by atoms with van der Waals surface area (Å²) < 4.78 is 14.9. The van der Waals surface area contributed by atoms with E-state index in [-0.39, 0.29) is 23.8 Å². The number of rotatable bonds is 4. The van der Waals surface area contributed by atoms with Crippen molar-refractivity contribution in [3.05, 3.63) is 77.6 Å². The lowest BCUT2D eigenvalue weighted by molar-refractivity contribution is 0.330. The van der Waals surface area contributed by atoms with Gasteiger partial charge in [0.25, 0.3) is 0 Å². The first-order valence-corrected chi connectivity index (χ1v) is 6.97. The third kappa shape index (κ3) is 2.84. The summed E-state index contributed by atoms with van der Waals surface area (Å²) in [5.74, 6) is -0.373. The number of hydrogen-bond acceptors (Lipinski definition) is 4. The Morgan fingerprint density at radius 1 is 1.17 bits per heavy atom. The summed E-state index contributed by atoms with van der Waals surface area (Å²) in [5, 5.41) is 17.8. The van der Waals surface area contributed by atoms with Crippen molar-refractivity contribution >= 4 is 16.9 Å². The van der Waals surface area contributed by atoms with Crippen LogP contribution in [0.4, 0.5) is 4.39 Å². The third-order valence-corrected chi connectivity index (χ3v) is 3.55. The van der Waals surface area contributed by atoms with Gasteiger partial charge in [-0.1, -0.05) is 0 Å². The van der Waals surface area contributed by atoms with Crippen LogP contribution in [0.15, 0.2) is 60.7 Å². The molecule has 0 fully saturated rings. The normalized spacial score (nSPS) is 12.3. The molecule has 3 aromatic rings. The molecule has 0 aliphatic heterocycles. The predicted octanol–water partition coefficient (Wildman–Crippen LogP) is 2.20.